The van der Waals surface area contributed by atoms with Gasteiger partial charge < -0.3 is 40.3 Å². The first-order chi connectivity index (χ1) is 20.4. The standard InChI is InChI=1S/C31H38N4O8/c1-30(2)42-19-22(43-30)18-41-27(37)14-13-26(36)34-25(20-9-5-4-6-10-20)17-33-28(38)31(3,35-29(39)40)15-21-16-32-24-12-8-7-11-23(21)24/h4-12,16,22,25,32,35H,13-15,17-19H2,1-3H3,(H,33,38)(H,34,36)(H,39,40). The van der Waals surface area contributed by atoms with Gasteiger partial charge in [-0.25, -0.2) is 4.79 Å². The largest absolute Gasteiger partial charge is 0.465 e. The second-order valence-electron chi connectivity index (χ2n) is 11.2. The minimum atomic E-state index is -1.50. The highest BCUT2D eigenvalue weighted by Gasteiger charge is 2.37. The third kappa shape index (κ3) is 8.79. The van der Waals surface area contributed by atoms with Crippen LogP contribution in [0.1, 0.15) is 50.8 Å². The molecule has 0 radical (unpaired) electrons. The average molecular weight is 595 g/mol. The van der Waals surface area contributed by atoms with Crippen LogP contribution in [0.4, 0.5) is 4.79 Å². The number of hydrogen-bond donors (Lipinski definition) is 5. The van der Waals surface area contributed by atoms with Crippen molar-refractivity contribution in [2.45, 2.75) is 63.5 Å². The molecule has 2 heterocycles. The van der Waals surface area contributed by atoms with Gasteiger partial charge >= 0.3 is 12.1 Å². The predicted molar refractivity (Wildman–Crippen MR) is 157 cm³/mol. The van der Waals surface area contributed by atoms with Crippen LogP contribution in [0.5, 0.6) is 0 Å². The van der Waals surface area contributed by atoms with Crippen molar-refractivity contribution < 1.29 is 38.5 Å². The van der Waals surface area contributed by atoms with Gasteiger partial charge in [-0.1, -0.05) is 48.5 Å². The SMILES string of the molecule is CC1(C)OCC(COC(=O)CCC(=O)NC(CNC(=O)C(C)(Cc2c[nH]c3ccccc23)NC(=O)O)c2ccccc2)O1. The number of benzene rings is 2. The molecule has 43 heavy (non-hydrogen) atoms. The Morgan fingerprint density at radius 2 is 1.81 bits per heavy atom. The van der Waals surface area contributed by atoms with Crippen molar-refractivity contribution in [2.75, 3.05) is 19.8 Å². The number of aromatic amines is 1. The topological polar surface area (TPSA) is 168 Å². The number of fused-ring (bicyclic) bond motifs is 1. The molecule has 4 rings (SSSR count). The van der Waals surface area contributed by atoms with Gasteiger partial charge in [0.2, 0.25) is 11.8 Å². The van der Waals surface area contributed by atoms with E-state index in [0.717, 1.165) is 22.0 Å². The lowest BCUT2D eigenvalue weighted by atomic mass is 9.91. The number of nitrogens with one attached hydrogen (secondary N) is 4. The van der Waals surface area contributed by atoms with Crippen molar-refractivity contribution in [3.05, 3.63) is 71.9 Å². The Labute approximate surface area is 249 Å². The van der Waals surface area contributed by atoms with Crippen LogP contribution in [0.2, 0.25) is 0 Å². The van der Waals surface area contributed by atoms with E-state index >= 15 is 0 Å². The van der Waals surface area contributed by atoms with E-state index in [4.69, 9.17) is 14.2 Å². The Morgan fingerprint density at radius 3 is 2.51 bits per heavy atom. The van der Waals surface area contributed by atoms with Crippen LogP contribution >= 0.6 is 0 Å². The van der Waals surface area contributed by atoms with Gasteiger partial charge in [-0.2, -0.15) is 0 Å². The Balaban J connectivity index is 1.36. The van der Waals surface area contributed by atoms with E-state index < -0.39 is 41.2 Å². The molecule has 0 aliphatic carbocycles. The number of amides is 3. The summed E-state index contributed by atoms with van der Waals surface area (Å²) in [4.78, 5) is 53.4. The number of carboxylic acid groups (broad SMARTS) is 1. The summed E-state index contributed by atoms with van der Waals surface area (Å²) in [6.45, 7) is 5.40. The number of carbonyl (C=O) groups is 4. The van der Waals surface area contributed by atoms with Crippen LogP contribution in [0.15, 0.2) is 60.8 Å². The number of rotatable bonds is 13. The Morgan fingerprint density at radius 1 is 1.09 bits per heavy atom. The zero-order valence-electron chi connectivity index (χ0n) is 24.5. The number of ether oxygens (including phenoxy) is 3. The third-order valence-corrected chi connectivity index (χ3v) is 7.16. The van der Waals surface area contributed by atoms with Gasteiger partial charge in [0.05, 0.1) is 19.1 Å². The molecule has 230 valence electrons. The molecule has 3 unspecified atom stereocenters. The highest BCUT2D eigenvalue weighted by Crippen LogP contribution is 2.24. The van der Waals surface area contributed by atoms with E-state index in [9.17, 15) is 24.3 Å². The van der Waals surface area contributed by atoms with Crippen LogP contribution in [0, 0.1) is 0 Å². The van der Waals surface area contributed by atoms with Crippen molar-refractivity contribution in [1.29, 1.82) is 0 Å². The van der Waals surface area contributed by atoms with E-state index in [-0.39, 0.29) is 38.5 Å². The van der Waals surface area contributed by atoms with E-state index in [2.05, 4.69) is 20.9 Å². The number of carbonyl (C=O) groups excluding carboxylic acids is 3. The van der Waals surface area contributed by atoms with E-state index in [1.165, 1.54) is 6.92 Å². The van der Waals surface area contributed by atoms with Crippen LogP contribution in [0.25, 0.3) is 10.9 Å². The summed E-state index contributed by atoms with van der Waals surface area (Å²) in [6.07, 6.45) is -0.115. The molecule has 1 aliphatic rings. The average Bonchev–Trinajstić information content (AvgIpc) is 3.54. The molecule has 5 N–H and O–H groups in total. The highest BCUT2D eigenvalue weighted by atomic mass is 16.7. The summed E-state index contributed by atoms with van der Waals surface area (Å²) in [7, 11) is 0. The molecule has 3 aromatic rings. The molecule has 3 amide bonds. The first-order valence-electron chi connectivity index (χ1n) is 14.1. The summed E-state index contributed by atoms with van der Waals surface area (Å²) in [6, 6.07) is 15.9. The fourth-order valence-corrected chi connectivity index (χ4v) is 4.99. The lowest BCUT2D eigenvalue weighted by Crippen LogP contribution is -2.58. The Bertz CT molecular complexity index is 1440. The Hall–Kier alpha value is -4.42. The van der Waals surface area contributed by atoms with Gasteiger partial charge in [0.25, 0.3) is 0 Å². The van der Waals surface area contributed by atoms with E-state index in [1.807, 2.05) is 30.3 Å². The fraction of sp³-hybridized carbons (Fsp3) is 0.419. The van der Waals surface area contributed by atoms with Crippen LogP contribution in [-0.2, 0) is 35.0 Å². The number of hydrogen-bond acceptors (Lipinski definition) is 7. The zero-order chi connectivity index (χ0) is 31.0. The molecule has 1 saturated heterocycles. The highest BCUT2D eigenvalue weighted by molar-refractivity contribution is 5.91. The molecule has 0 bridgehead atoms. The van der Waals surface area contributed by atoms with Crippen LogP contribution in [0.3, 0.4) is 0 Å². The predicted octanol–water partition coefficient (Wildman–Crippen LogP) is 3.19. The maximum absolute atomic E-state index is 13.5. The normalized spacial score (nSPS) is 17.9. The van der Waals surface area contributed by atoms with Gasteiger partial charge in [0.15, 0.2) is 5.79 Å². The molecule has 12 nitrogen and oxygen atoms in total. The summed E-state index contributed by atoms with van der Waals surface area (Å²) in [5.74, 6) is -2.23. The van der Waals surface area contributed by atoms with E-state index in [0.29, 0.717) is 6.61 Å². The maximum Gasteiger partial charge on any atom is 0.405 e. The number of esters is 1. The molecule has 2 aromatic carbocycles. The molecule has 1 fully saturated rings. The third-order valence-electron chi connectivity index (χ3n) is 7.16. The second-order valence-corrected chi connectivity index (χ2v) is 11.2. The fourth-order valence-electron chi connectivity index (χ4n) is 4.99. The number of para-hydroxylation sites is 1. The molecule has 3 atom stereocenters. The minimum absolute atomic E-state index is 0.0153. The first kappa shape index (κ1) is 31.5. The van der Waals surface area contributed by atoms with Crippen LogP contribution in [-0.4, -0.2) is 71.2 Å². The smallest absolute Gasteiger partial charge is 0.405 e. The van der Waals surface area contributed by atoms with Crippen molar-refractivity contribution in [3.63, 3.8) is 0 Å². The zero-order valence-corrected chi connectivity index (χ0v) is 24.5. The quantitative estimate of drug-likeness (QED) is 0.188. The summed E-state index contributed by atoms with van der Waals surface area (Å²) in [5, 5.41) is 18.5. The Kier molecular flexibility index (Phi) is 10.0. The summed E-state index contributed by atoms with van der Waals surface area (Å²) in [5.41, 5.74) is 0.868. The number of aromatic nitrogens is 1. The summed E-state index contributed by atoms with van der Waals surface area (Å²) >= 11 is 0. The summed E-state index contributed by atoms with van der Waals surface area (Å²) < 4.78 is 16.3. The second kappa shape index (κ2) is 13.7. The maximum atomic E-state index is 13.5. The monoisotopic (exact) mass is 594 g/mol. The van der Waals surface area contributed by atoms with E-state index in [1.54, 1.807) is 44.3 Å². The van der Waals surface area contributed by atoms with Gasteiger partial charge in [0.1, 0.15) is 18.2 Å². The van der Waals surface area contributed by atoms with Crippen molar-refractivity contribution in [1.82, 2.24) is 20.9 Å². The molecular formula is C31H38N4O8. The number of H-pyrrole nitrogens is 1. The lowest BCUT2D eigenvalue weighted by molar-refractivity contribution is -0.158. The lowest BCUT2D eigenvalue weighted by Gasteiger charge is -2.29. The molecular weight excluding hydrogens is 556 g/mol. The van der Waals surface area contributed by atoms with Crippen molar-refractivity contribution in [3.8, 4) is 0 Å². The van der Waals surface area contributed by atoms with Gasteiger partial charge in [-0.3, -0.25) is 14.4 Å². The van der Waals surface area contributed by atoms with Crippen molar-refractivity contribution >= 4 is 34.8 Å². The molecule has 1 aliphatic heterocycles. The first-order valence-corrected chi connectivity index (χ1v) is 14.1. The molecule has 0 saturated carbocycles. The minimum Gasteiger partial charge on any atom is -0.465 e. The van der Waals surface area contributed by atoms with Crippen LogP contribution < -0.4 is 16.0 Å². The molecule has 1 aromatic heterocycles. The molecule has 0 spiro atoms. The van der Waals surface area contributed by atoms with Crippen molar-refractivity contribution in [2.24, 2.45) is 0 Å². The van der Waals surface area contributed by atoms with Gasteiger partial charge in [0, 0.05) is 36.5 Å². The van der Waals surface area contributed by atoms with Gasteiger partial charge in [-0.15, -0.1) is 0 Å². The molecule has 12 heteroatoms. The van der Waals surface area contributed by atoms with Gasteiger partial charge in [-0.05, 0) is 38.0 Å².